The molecule has 0 spiro atoms. The van der Waals surface area contributed by atoms with Crippen LogP contribution in [-0.4, -0.2) is 23.2 Å². The van der Waals surface area contributed by atoms with E-state index in [1.807, 2.05) is 0 Å². The molecule has 1 aliphatic rings. The van der Waals surface area contributed by atoms with Gasteiger partial charge in [-0.15, -0.1) is 0 Å². The number of halogens is 3. The van der Waals surface area contributed by atoms with Crippen molar-refractivity contribution in [3.63, 3.8) is 0 Å². The molecule has 0 saturated carbocycles. The van der Waals surface area contributed by atoms with E-state index < -0.39 is 23.2 Å². The number of ether oxygens (including phenoxy) is 1. The number of aliphatic hydroxyl groups is 1. The van der Waals surface area contributed by atoms with E-state index in [0.717, 1.165) is 35.4 Å². The van der Waals surface area contributed by atoms with Crippen molar-refractivity contribution in [2.75, 3.05) is 11.9 Å². The number of fused-ring (bicyclic) bond motifs is 1. The molecule has 4 nitrogen and oxygen atoms in total. The molecule has 3 rings (SSSR count). The number of amides is 1. The number of benzene rings is 2. The molecule has 1 atom stereocenters. The van der Waals surface area contributed by atoms with Gasteiger partial charge in [0, 0.05) is 16.8 Å². The largest absolute Gasteiger partial charge is 0.480 e. The molecule has 27 heavy (non-hydrogen) atoms. The van der Waals surface area contributed by atoms with Crippen LogP contribution >= 0.6 is 0 Å². The predicted molar refractivity (Wildman–Crippen MR) is 95.7 cm³/mol. The number of rotatable bonds is 3. The average molecular weight is 377 g/mol. The average Bonchev–Trinajstić information content (AvgIpc) is 2.62. The number of aryl methyl sites for hydroxylation is 1. The van der Waals surface area contributed by atoms with Gasteiger partial charge in [-0.05, 0) is 61.9 Å². The maximum Gasteiger partial charge on any atom is 0.416 e. The molecule has 0 aromatic heterocycles. The Morgan fingerprint density at radius 2 is 1.89 bits per heavy atom. The monoisotopic (exact) mass is 377 g/mol. The quantitative estimate of drug-likeness (QED) is 0.832. The SMILES string of the molecule is Cc1cc2c(cc1NC(=O)c1ccc(C(F)(F)F)cc1)C=CC(C)(CO)O2. The second-order valence-electron chi connectivity index (χ2n) is 6.64. The minimum atomic E-state index is -4.44. The highest BCUT2D eigenvalue weighted by Gasteiger charge is 2.30. The van der Waals surface area contributed by atoms with Crippen molar-refractivity contribution in [1.82, 2.24) is 0 Å². The van der Waals surface area contributed by atoms with Crippen LogP contribution in [0.2, 0.25) is 0 Å². The van der Waals surface area contributed by atoms with Crippen LogP contribution in [0, 0.1) is 6.92 Å². The molecule has 7 heteroatoms. The van der Waals surface area contributed by atoms with Crippen LogP contribution in [-0.2, 0) is 6.18 Å². The lowest BCUT2D eigenvalue weighted by atomic mass is 9.99. The highest BCUT2D eigenvalue weighted by molar-refractivity contribution is 6.04. The lowest BCUT2D eigenvalue weighted by Crippen LogP contribution is -2.35. The van der Waals surface area contributed by atoms with E-state index in [1.54, 1.807) is 38.1 Å². The lowest BCUT2D eigenvalue weighted by molar-refractivity contribution is -0.137. The zero-order chi connectivity index (χ0) is 19.8. The summed E-state index contributed by atoms with van der Waals surface area (Å²) in [7, 11) is 0. The topological polar surface area (TPSA) is 58.6 Å². The van der Waals surface area contributed by atoms with Crippen LogP contribution < -0.4 is 10.1 Å². The summed E-state index contributed by atoms with van der Waals surface area (Å²) >= 11 is 0. The van der Waals surface area contributed by atoms with E-state index in [4.69, 9.17) is 4.74 Å². The highest BCUT2D eigenvalue weighted by atomic mass is 19.4. The second kappa shape index (κ2) is 6.74. The van der Waals surface area contributed by atoms with E-state index in [-0.39, 0.29) is 12.2 Å². The van der Waals surface area contributed by atoms with Crippen molar-refractivity contribution in [2.24, 2.45) is 0 Å². The maximum absolute atomic E-state index is 12.6. The molecule has 142 valence electrons. The minimum absolute atomic E-state index is 0.125. The Kier molecular flexibility index (Phi) is 4.73. The van der Waals surface area contributed by atoms with Gasteiger partial charge in [-0.25, -0.2) is 0 Å². The van der Waals surface area contributed by atoms with Crippen LogP contribution in [0.5, 0.6) is 5.75 Å². The molecule has 2 aromatic carbocycles. The van der Waals surface area contributed by atoms with Gasteiger partial charge in [-0.3, -0.25) is 4.79 Å². The van der Waals surface area contributed by atoms with Gasteiger partial charge in [-0.1, -0.05) is 6.08 Å². The summed E-state index contributed by atoms with van der Waals surface area (Å²) in [6.45, 7) is 3.36. The molecule has 0 bridgehead atoms. The van der Waals surface area contributed by atoms with Gasteiger partial charge < -0.3 is 15.2 Å². The fraction of sp³-hybridized carbons (Fsp3) is 0.250. The third-order valence-electron chi connectivity index (χ3n) is 4.35. The molecule has 0 fully saturated rings. The van der Waals surface area contributed by atoms with Crippen molar-refractivity contribution in [3.8, 4) is 5.75 Å². The first-order valence-electron chi connectivity index (χ1n) is 8.24. The molecular weight excluding hydrogens is 359 g/mol. The van der Waals surface area contributed by atoms with Crippen molar-refractivity contribution >= 4 is 17.7 Å². The molecule has 2 N–H and O–H groups in total. The Hall–Kier alpha value is -2.80. The normalized spacial score (nSPS) is 18.6. The van der Waals surface area contributed by atoms with E-state index >= 15 is 0 Å². The number of anilines is 1. The van der Waals surface area contributed by atoms with Crippen molar-refractivity contribution in [3.05, 3.63) is 64.7 Å². The number of alkyl halides is 3. The molecule has 1 heterocycles. The minimum Gasteiger partial charge on any atom is -0.480 e. The smallest absolute Gasteiger partial charge is 0.416 e. The number of nitrogens with one attached hydrogen (secondary N) is 1. The van der Waals surface area contributed by atoms with E-state index in [9.17, 15) is 23.1 Å². The molecule has 0 radical (unpaired) electrons. The lowest BCUT2D eigenvalue weighted by Gasteiger charge is -2.30. The third-order valence-corrected chi connectivity index (χ3v) is 4.35. The first kappa shape index (κ1) is 19.0. The summed E-state index contributed by atoms with van der Waals surface area (Å²) < 4.78 is 43.7. The standard InChI is InChI=1S/C20H18F3NO3/c1-12-9-17-14(7-8-19(2,11-25)27-17)10-16(12)24-18(26)13-3-5-15(6-4-13)20(21,22)23/h3-10,25H,11H2,1-2H3,(H,24,26). The summed E-state index contributed by atoms with van der Waals surface area (Å²) in [5, 5.41) is 12.1. The number of hydrogen-bond acceptors (Lipinski definition) is 3. The van der Waals surface area contributed by atoms with Crippen molar-refractivity contribution in [2.45, 2.75) is 25.6 Å². The number of carbonyl (C=O) groups is 1. The predicted octanol–water partition coefficient (Wildman–Crippen LogP) is 4.42. The van der Waals surface area contributed by atoms with E-state index in [0.29, 0.717) is 11.4 Å². The van der Waals surface area contributed by atoms with Crippen LogP contribution in [0.1, 0.15) is 34.0 Å². The van der Waals surface area contributed by atoms with Gasteiger partial charge in [0.25, 0.3) is 5.91 Å². The first-order chi connectivity index (χ1) is 12.6. The summed E-state index contributed by atoms with van der Waals surface area (Å²) in [6, 6.07) is 7.50. The Labute approximate surface area is 154 Å². The molecule has 1 unspecified atom stereocenters. The van der Waals surface area contributed by atoms with Gasteiger partial charge in [0.15, 0.2) is 0 Å². The Balaban J connectivity index is 1.81. The molecule has 0 aliphatic carbocycles. The summed E-state index contributed by atoms with van der Waals surface area (Å²) in [6.07, 6.45) is -0.923. The molecule has 2 aromatic rings. The summed E-state index contributed by atoms with van der Waals surface area (Å²) in [5.74, 6) is 0.0757. The molecule has 0 saturated heterocycles. The highest BCUT2D eigenvalue weighted by Crippen LogP contribution is 2.35. The van der Waals surface area contributed by atoms with Crippen LogP contribution in [0.25, 0.3) is 6.08 Å². The third kappa shape index (κ3) is 3.98. The van der Waals surface area contributed by atoms with Crippen LogP contribution in [0.15, 0.2) is 42.5 Å². The van der Waals surface area contributed by atoms with E-state index in [2.05, 4.69) is 5.32 Å². The summed E-state index contributed by atoms with van der Waals surface area (Å²) in [5.41, 5.74) is 0.501. The Bertz CT molecular complexity index is 904. The van der Waals surface area contributed by atoms with Gasteiger partial charge in [0.1, 0.15) is 11.4 Å². The zero-order valence-corrected chi connectivity index (χ0v) is 14.7. The Morgan fingerprint density at radius 1 is 1.22 bits per heavy atom. The van der Waals surface area contributed by atoms with Gasteiger partial charge in [-0.2, -0.15) is 13.2 Å². The van der Waals surface area contributed by atoms with Crippen molar-refractivity contribution < 1.29 is 27.8 Å². The zero-order valence-electron chi connectivity index (χ0n) is 14.7. The number of aliphatic hydroxyl groups excluding tert-OH is 1. The first-order valence-corrected chi connectivity index (χ1v) is 8.24. The molecular formula is C20H18F3NO3. The molecule has 1 aliphatic heterocycles. The van der Waals surface area contributed by atoms with Crippen molar-refractivity contribution in [1.29, 1.82) is 0 Å². The Morgan fingerprint density at radius 3 is 2.48 bits per heavy atom. The van der Waals surface area contributed by atoms with Gasteiger partial charge >= 0.3 is 6.18 Å². The van der Waals surface area contributed by atoms with E-state index in [1.165, 1.54) is 0 Å². The van der Waals surface area contributed by atoms with Gasteiger partial charge in [0.2, 0.25) is 0 Å². The molecule has 1 amide bonds. The fourth-order valence-corrected chi connectivity index (χ4v) is 2.69. The number of carbonyl (C=O) groups excluding carboxylic acids is 1. The second-order valence-corrected chi connectivity index (χ2v) is 6.64. The maximum atomic E-state index is 12.6. The van der Waals surface area contributed by atoms with Gasteiger partial charge in [0.05, 0.1) is 12.2 Å². The number of hydrogen-bond donors (Lipinski definition) is 2. The van der Waals surface area contributed by atoms with Crippen LogP contribution in [0.3, 0.4) is 0 Å². The summed E-state index contributed by atoms with van der Waals surface area (Å²) in [4.78, 5) is 12.4. The van der Waals surface area contributed by atoms with Crippen LogP contribution in [0.4, 0.5) is 18.9 Å². The fourth-order valence-electron chi connectivity index (χ4n) is 2.69.